The first-order chi connectivity index (χ1) is 14.1. The standard InChI is InChI=1S/C24H28ClNO4/c1-16-6-7-17(2)21(14-16)30-13-5-12-24(3,4)23(29)26-19-10-8-18(20(25)15-19)9-11-22(27)28/h6-11,14-15H,5,12-13H2,1-4H3,(H,26,29)(H,27,28). The quantitative estimate of drug-likeness (QED) is 0.385. The first kappa shape index (κ1) is 23.5. The number of hydrogen-bond acceptors (Lipinski definition) is 3. The van der Waals surface area contributed by atoms with Gasteiger partial charge >= 0.3 is 5.97 Å². The maximum absolute atomic E-state index is 12.7. The first-order valence-corrected chi connectivity index (χ1v) is 10.2. The van der Waals surface area contributed by atoms with Crippen molar-refractivity contribution in [3.8, 4) is 5.75 Å². The van der Waals surface area contributed by atoms with Gasteiger partial charge in [0.05, 0.1) is 6.61 Å². The average molecular weight is 430 g/mol. The molecule has 0 spiro atoms. The number of carbonyl (C=O) groups is 2. The number of benzene rings is 2. The van der Waals surface area contributed by atoms with Crippen LogP contribution in [-0.2, 0) is 9.59 Å². The number of amides is 1. The second-order valence-electron chi connectivity index (χ2n) is 7.97. The van der Waals surface area contributed by atoms with Crippen LogP contribution in [0.1, 0.15) is 43.4 Å². The molecule has 2 aromatic rings. The number of carbonyl (C=O) groups excluding carboxylic acids is 1. The van der Waals surface area contributed by atoms with Gasteiger partial charge in [-0.3, -0.25) is 4.79 Å². The van der Waals surface area contributed by atoms with Gasteiger partial charge in [0.15, 0.2) is 0 Å². The van der Waals surface area contributed by atoms with Gasteiger partial charge in [-0.05, 0) is 67.7 Å². The van der Waals surface area contributed by atoms with Crippen LogP contribution in [0.5, 0.6) is 5.75 Å². The van der Waals surface area contributed by atoms with E-state index in [1.54, 1.807) is 18.2 Å². The van der Waals surface area contributed by atoms with E-state index < -0.39 is 11.4 Å². The van der Waals surface area contributed by atoms with E-state index in [0.29, 0.717) is 29.3 Å². The number of halogens is 1. The molecule has 0 atom stereocenters. The molecule has 0 radical (unpaired) electrons. The van der Waals surface area contributed by atoms with Crippen LogP contribution in [0.3, 0.4) is 0 Å². The Morgan fingerprint density at radius 2 is 1.90 bits per heavy atom. The van der Waals surface area contributed by atoms with Crippen LogP contribution in [0, 0.1) is 19.3 Å². The van der Waals surface area contributed by atoms with Gasteiger partial charge in [-0.25, -0.2) is 4.79 Å². The lowest BCUT2D eigenvalue weighted by Gasteiger charge is -2.24. The van der Waals surface area contributed by atoms with E-state index in [9.17, 15) is 9.59 Å². The molecule has 0 aromatic heterocycles. The number of carboxylic acids is 1. The Labute approximate surface area is 182 Å². The number of aliphatic carboxylic acids is 1. The Kier molecular flexibility index (Phi) is 8.07. The van der Waals surface area contributed by atoms with Crippen molar-refractivity contribution in [2.75, 3.05) is 11.9 Å². The molecule has 0 saturated heterocycles. The lowest BCUT2D eigenvalue weighted by Crippen LogP contribution is -2.31. The van der Waals surface area contributed by atoms with Crippen LogP contribution in [-0.4, -0.2) is 23.6 Å². The number of aryl methyl sites for hydroxylation is 2. The molecule has 6 heteroatoms. The molecule has 0 saturated carbocycles. The number of rotatable bonds is 9. The van der Waals surface area contributed by atoms with Gasteiger partial charge in [0.2, 0.25) is 5.91 Å². The van der Waals surface area contributed by atoms with E-state index in [1.165, 1.54) is 6.08 Å². The van der Waals surface area contributed by atoms with Crippen molar-refractivity contribution in [1.82, 2.24) is 0 Å². The molecular formula is C24H28ClNO4. The molecule has 0 aliphatic carbocycles. The third kappa shape index (κ3) is 6.92. The minimum atomic E-state index is -1.05. The number of nitrogens with one attached hydrogen (secondary N) is 1. The monoisotopic (exact) mass is 429 g/mol. The van der Waals surface area contributed by atoms with Gasteiger partial charge in [-0.2, -0.15) is 0 Å². The maximum Gasteiger partial charge on any atom is 0.328 e. The van der Waals surface area contributed by atoms with Crippen molar-refractivity contribution in [3.63, 3.8) is 0 Å². The minimum absolute atomic E-state index is 0.112. The van der Waals surface area contributed by atoms with Gasteiger partial charge < -0.3 is 15.2 Å². The topological polar surface area (TPSA) is 75.6 Å². The van der Waals surface area contributed by atoms with Crippen LogP contribution in [0.2, 0.25) is 5.02 Å². The fourth-order valence-corrected chi connectivity index (χ4v) is 3.12. The molecule has 0 aliphatic heterocycles. The summed E-state index contributed by atoms with van der Waals surface area (Å²) in [6.45, 7) is 8.37. The smallest absolute Gasteiger partial charge is 0.328 e. The lowest BCUT2D eigenvalue weighted by molar-refractivity contribution is -0.131. The fraction of sp³-hybridized carbons (Fsp3) is 0.333. The van der Waals surface area contributed by atoms with E-state index >= 15 is 0 Å². The maximum atomic E-state index is 12.7. The molecule has 0 aliphatic rings. The predicted molar refractivity (Wildman–Crippen MR) is 121 cm³/mol. The highest BCUT2D eigenvalue weighted by atomic mass is 35.5. The molecule has 2 N–H and O–H groups in total. The Bertz CT molecular complexity index is 950. The summed E-state index contributed by atoms with van der Waals surface area (Å²) in [5.74, 6) is -0.283. The minimum Gasteiger partial charge on any atom is -0.493 e. The van der Waals surface area contributed by atoms with Crippen molar-refractivity contribution < 1.29 is 19.4 Å². The third-order valence-electron chi connectivity index (χ3n) is 4.83. The molecule has 5 nitrogen and oxygen atoms in total. The Balaban J connectivity index is 1.90. The van der Waals surface area contributed by atoms with Crippen molar-refractivity contribution in [2.24, 2.45) is 5.41 Å². The Morgan fingerprint density at radius 3 is 2.57 bits per heavy atom. The summed E-state index contributed by atoms with van der Waals surface area (Å²) >= 11 is 6.18. The summed E-state index contributed by atoms with van der Waals surface area (Å²) < 4.78 is 5.88. The highest BCUT2D eigenvalue weighted by molar-refractivity contribution is 6.32. The normalized spacial score (nSPS) is 11.5. The summed E-state index contributed by atoms with van der Waals surface area (Å²) in [6, 6.07) is 11.1. The zero-order valence-corrected chi connectivity index (χ0v) is 18.5. The number of carboxylic acid groups (broad SMARTS) is 1. The first-order valence-electron chi connectivity index (χ1n) is 9.80. The van der Waals surface area contributed by atoms with Crippen molar-refractivity contribution in [1.29, 1.82) is 0 Å². The molecular weight excluding hydrogens is 402 g/mol. The van der Waals surface area contributed by atoms with Gasteiger partial charge in [-0.1, -0.05) is 43.6 Å². The largest absolute Gasteiger partial charge is 0.493 e. The molecule has 0 fully saturated rings. The van der Waals surface area contributed by atoms with Gasteiger partial charge in [-0.15, -0.1) is 0 Å². The summed E-state index contributed by atoms with van der Waals surface area (Å²) in [5.41, 5.74) is 2.80. The molecule has 2 aromatic carbocycles. The molecule has 1 amide bonds. The van der Waals surface area contributed by atoms with Crippen LogP contribution in [0.15, 0.2) is 42.5 Å². The van der Waals surface area contributed by atoms with E-state index in [-0.39, 0.29) is 5.91 Å². The van der Waals surface area contributed by atoms with Gasteiger partial charge in [0, 0.05) is 22.2 Å². The van der Waals surface area contributed by atoms with Crippen molar-refractivity contribution in [3.05, 3.63) is 64.2 Å². The molecule has 0 bridgehead atoms. The Hall–Kier alpha value is -2.79. The van der Waals surface area contributed by atoms with E-state index in [1.807, 2.05) is 39.8 Å². The van der Waals surface area contributed by atoms with Crippen molar-refractivity contribution in [2.45, 2.75) is 40.5 Å². The molecule has 30 heavy (non-hydrogen) atoms. The second-order valence-corrected chi connectivity index (χ2v) is 8.37. The highest BCUT2D eigenvalue weighted by Crippen LogP contribution is 2.28. The second kappa shape index (κ2) is 10.3. The fourth-order valence-electron chi connectivity index (χ4n) is 2.87. The lowest BCUT2D eigenvalue weighted by atomic mass is 9.87. The van der Waals surface area contributed by atoms with Crippen LogP contribution in [0.25, 0.3) is 6.08 Å². The zero-order chi connectivity index (χ0) is 22.3. The van der Waals surface area contributed by atoms with E-state index in [4.69, 9.17) is 21.4 Å². The van der Waals surface area contributed by atoms with E-state index in [0.717, 1.165) is 29.4 Å². The predicted octanol–water partition coefficient (Wildman–Crippen LogP) is 5.88. The van der Waals surface area contributed by atoms with E-state index in [2.05, 4.69) is 11.4 Å². The summed E-state index contributed by atoms with van der Waals surface area (Å²) in [5, 5.41) is 12.0. The van der Waals surface area contributed by atoms with Crippen LogP contribution < -0.4 is 10.1 Å². The zero-order valence-electron chi connectivity index (χ0n) is 17.8. The third-order valence-corrected chi connectivity index (χ3v) is 5.15. The molecule has 160 valence electrons. The van der Waals surface area contributed by atoms with Crippen LogP contribution in [0.4, 0.5) is 5.69 Å². The Morgan fingerprint density at radius 1 is 1.17 bits per heavy atom. The van der Waals surface area contributed by atoms with Crippen molar-refractivity contribution >= 4 is 35.2 Å². The van der Waals surface area contributed by atoms with Crippen LogP contribution >= 0.6 is 11.6 Å². The molecule has 0 heterocycles. The van der Waals surface area contributed by atoms with Gasteiger partial charge in [0.25, 0.3) is 0 Å². The SMILES string of the molecule is Cc1ccc(C)c(OCCCC(C)(C)C(=O)Nc2ccc(C=CC(=O)O)c(Cl)c2)c1. The van der Waals surface area contributed by atoms with Gasteiger partial charge in [0.1, 0.15) is 5.75 Å². The number of hydrogen-bond donors (Lipinski definition) is 2. The summed E-state index contributed by atoms with van der Waals surface area (Å²) in [6.07, 6.45) is 3.84. The average Bonchev–Trinajstić information content (AvgIpc) is 2.67. The highest BCUT2D eigenvalue weighted by Gasteiger charge is 2.27. The molecule has 0 unspecified atom stereocenters. The summed E-state index contributed by atoms with van der Waals surface area (Å²) in [7, 11) is 0. The summed E-state index contributed by atoms with van der Waals surface area (Å²) in [4.78, 5) is 23.4. The number of ether oxygens (including phenoxy) is 1. The molecule has 2 rings (SSSR count). The number of anilines is 1.